The molecule has 0 aliphatic rings. The molecule has 0 saturated heterocycles. The SMILES string of the molecule is Cc1ccnc(-n2c3[c-]c(Oc4[c-]c(-n5nc(N(C)C)c(-c6c(C)ccc(C)c6C)c5N(C)C)ccc4)ccc3c3ccccc32)c1.[Pd+2]. The predicted octanol–water partition coefficient (Wildman–Crippen LogP) is 8.79. The van der Waals surface area contributed by atoms with Crippen molar-refractivity contribution >= 4 is 33.4 Å². The number of rotatable bonds is 7. The van der Waals surface area contributed by atoms with Crippen molar-refractivity contribution < 1.29 is 25.2 Å². The minimum absolute atomic E-state index is 0. The van der Waals surface area contributed by atoms with Crippen LogP contribution in [-0.2, 0) is 20.4 Å². The Morgan fingerprint density at radius 3 is 2.21 bits per heavy atom. The Kier molecular flexibility index (Phi) is 8.91. The Hall–Kier alpha value is -4.90. The fourth-order valence-electron chi connectivity index (χ4n) is 6.40. The second-order valence-electron chi connectivity index (χ2n) is 12.6. The van der Waals surface area contributed by atoms with Gasteiger partial charge in [-0.3, -0.25) is 0 Å². The quantitative estimate of drug-likeness (QED) is 0.122. The number of hydrogen-bond acceptors (Lipinski definition) is 5. The normalized spacial score (nSPS) is 11.2. The molecule has 244 valence electrons. The smallest absolute Gasteiger partial charge is 0.509 e. The van der Waals surface area contributed by atoms with Gasteiger partial charge in [0, 0.05) is 51.4 Å². The average Bonchev–Trinajstić information content (AvgIpc) is 3.60. The van der Waals surface area contributed by atoms with Crippen molar-refractivity contribution in [3.05, 3.63) is 119 Å². The van der Waals surface area contributed by atoms with Crippen molar-refractivity contribution in [3.8, 4) is 34.1 Å². The van der Waals surface area contributed by atoms with Crippen LogP contribution in [0.25, 0.3) is 44.4 Å². The summed E-state index contributed by atoms with van der Waals surface area (Å²) in [7, 11) is 8.20. The van der Waals surface area contributed by atoms with Crippen LogP contribution in [0.4, 0.5) is 11.6 Å². The molecule has 0 spiro atoms. The molecule has 0 aliphatic heterocycles. The molecule has 0 amide bonds. The summed E-state index contributed by atoms with van der Waals surface area (Å²) in [5.74, 6) is 3.88. The van der Waals surface area contributed by atoms with E-state index >= 15 is 0 Å². The third-order valence-corrected chi connectivity index (χ3v) is 8.77. The summed E-state index contributed by atoms with van der Waals surface area (Å²) in [6.07, 6.45) is 1.85. The van der Waals surface area contributed by atoms with E-state index in [1.165, 1.54) is 22.3 Å². The van der Waals surface area contributed by atoms with Gasteiger partial charge in [-0.1, -0.05) is 35.8 Å². The molecule has 0 atom stereocenters. The molecule has 0 aliphatic carbocycles. The fourth-order valence-corrected chi connectivity index (χ4v) is 6.40. The number of ether oxygens (including phenoxy) is 1. The van der Waals surface area contributed by atoms with Gasteiger partial charge in [0.2, 0.25) is 0 Å². The number of pyridine rings is 1. The largest absolute Gasteiger partial charge is 2.00 e. The molecule has 0 bridgehead atoms. The zero-order chi connectivity index (χ0) is 33.0. The second kappa shape index (κ2) is 13.0. The van der Waals surface area contributed by atoms with Gasteiger partial charge in [0.25, 0.3) is 0 Å². The van der Waals surface area contributed by atoms with Gasteiger partial charge in [0.1, 0.15) is 11.6 Å². The Morgan fingerprint density at radius 1 is 0.708 bits per heavy atom. The molecule has 0 fully saturated rings. The van der Waals surface area contributed by atoms with Gasteiger partial charge in [-0.15, -0.1) is 40.8 Å². The number of fused-ring (bicyclic) bond motifs is 3. The van der Waals surface area contributed by atoms with Crippen molar-refractivity contribution in [2.24, 2.45) is 0 Å². The summed E-state index contributed by atoms with van der Waals surface area (Å²) >= 11 is 0. The molecule has 48 heavy (non-hydrogen) atoms. The maximum Gasteiger partial charge on any atom is 2.00 e. The van der Waals surface area contributed by atoms with Crippen molar-refractivity contribution in [1.29, 1.82) is 0 Å². The number of hydrogen-bond donors (Lipinski definition) is 0. The van der Waals surface area contributed by atoms with E-state index < -0.39 is 0 Å². The number of aryl methyl sites for hydroxylation is 3. The van der Waals surface area contributed by atoms with Crippen LogP contribution in [-0.4, -0.2) is 47.5 Å². The van der Waals surface area contributed by atoms with Gasteiger partial charge in [0.15, 0.2) is 5.82 Å². The van der Waals surface area contributed by atoms with Crippen LogP contribution in [0.1, 0.15) is 22.3 Å². The first-order valence-corrected chi connectivity index (χ1v) is 15.8. The van der Waals surface area contributed by atoms with Crippen LogP contribution in [0.5, 0.6) is 11.5 Å². The maximum atomic E-state index is 6.47. The van der Waals surface area contributed by atoms with E-state index in [2.05, 4.69) is 117 Å². The van der Waals surface area contributed by atoms with Gasteiger partial charge >= 0.3 is 20.4 Å². The van der Waals surface area contributed by atoms with E-state index in [9.17, 15) is 0 Å². The zero-order valence-corrected chi connectivity index (χ0v) is 30.0. The maximum absolute atomic E-state index is 6.47. The number of para-hydroxylation sites is 1. The van der Waals surface area contributed by atoms with Crippen molar-refractivity contribution in [3.63, 3.8) is 0 Å². The first kappa shape index (κ1) is 33.0. The minimum Gasteiger partial charge on any atom is -0.509 e. The average molecular weight is 725 g/mol. The molecule has 7 aromatic rings. The topological polar surface area (TPSA) is 51.4 Å². The Bertz CT molecular complexity index is 2300. The van der Waals surface area contributed by atoms with Crippen LogP contribution < -0.4 is 14.5 Å². The first-order chi connectivity index (χ1) is 22.6. The van der Waals surface area contributed by atoms with Crippen LogP contribution in [0.15, 0.2) is 85.1 Å². The van der Waals surface area contributed by atoms with E-state index in [0.29, 0.717) is 11.5 Å². The molecule has 0 saturated carbocycles. The van der Waals surface area contributed by atoms with E-state index in [0.717, 1.165) is 56.1 Å². The standard InChI is InChI=1S/C40H38N6O.Pd/c1-25-20-21-41-36(22-25)45-34-15-10-9-14-32(34)33-19-18-31(24-35(33)45)47-30-13-11-12-29(23-30)46-40(44(7)8)38(39(42-46)43(5)6)37-27(3)17-16-26(2)28(37)4;/h9-22H,1-8H3;/q-2;+2. The van der Waals surface area contributed by atoms with E-state index in [4.69, 9.17) is 14.8 Å². The van der Waals surface area contributed by atoms with Crippen molar-refractivity contribution in [1.82, 2.24) is 19.3 Å². The Morgan fingerprint density at radius 2 is 1.46 bits per heavy atom. The summed E-state index contributed by atoms with van der Waals surface area (Å²) in [4.78, 5) is 8.90. The molecule has 7 nitrogen and oxygen atoms in total. The second-order valence-corrected chi connectivity index (χ2v) is 12.6. The molecule has 0 unspecified atom stereocenters. The third-order valence-electron chi connectivity index (χ3n) is 8.77. The first-order valence-electron chi connectivity index (χ1n) is 15.8. The molecule has 0 radical (unpaired) electrons. The van der Waals surface area contributed by atoms with Gasteiger partial charge in [-0.25, -0.2) is 9.67 Å². The van der Waals surface area contributed by atoms with E-state index in [1.807, 2.05) is 55.3 Å². The Balaban J connectivity index is 0.00000401. The molecule has 0 N–H and O–H groups in total. The monoisotopic (exact) mass is 724 g/mol. The fraction of sp³-hybridized carbons (Fsp3) is 0.200. The van der Waals surface area contributed by atoms with E-state index in [1.54, 1.807) is 0 Å². The number of aromatic nitrogens is 4. The van der Waals surface area contributed by atoms with Gasteiger partial charge in [0.05, 0.1) is 5.56 Å². The van der Waals surface area contributed by atoms with Crippen LogP contribution in [0, 0.1) is 39.8 Å². The van der Waals surface area contributed by atoms with Crippen molar-refractivity contribution in [2.45, 2.75) is 27.7 Å². The number of nitrogens with zero attached hydrogens (tertiary/aromatic N) is 6. The van der Waals surface area contributed by atoms with Crippen LogP contribution in [0.2, 0.25) is 0 Å². The molecule has 4 aromatic carbocycles. The summed E-state index contributed by atoms with van der Waals surface area (Å²) in [6.45, 7) is 8.60. The van der Waals surface area contributed by atoms with Gasteiger partial charge < -0.3 is 19.1 Å². The molecule has 8 heteroatoms. The van der Waals surface area contributed by atoms with E-state index in [-0.39, 0.29) is 20.4 Å². The van der Waals surface area contributed by atoms with Crippen molar-refractivity contribution in [2.75, 3.05) is 38.0 Å². The summed E-state index contributed by atoms with van der Waals surface area (Å²) in [6, 6.07) is 33.9. The molecule has 7 rings (SSSR count). The summed E-state index contributed by atoms with van der Waals surface area (Å²) in [5.41, 5.74) is 9.91. The third kappa shape index (κ3) is 5.66. The molecule has 3 heterocycles. The van der Waals surface area contributed by atoms with Crippen LogP contribution >= 0.6 is 0 Å². The minimum atomic E-state index is 0. The van der Waals surface area contributed by atoms with Gasteiger partial charge in [-0.2, -0.15) is 12.1 Å². The number of anilines is 2. The van der Waals surface area contributed by atoms with Crippen LogP contribution in [0.3, 0.4) is 0 Å². The molecular formula is C40H38N6OPd. The van der Waals surface area contributed by atoms with Gasteiger partial charge in [-0.05, 0) is 84.8 Å². The molecular weight excluding hydrogens is 687 g/mol. The Labute approximate surface area is 296 Å². The molecule has 3 aromatic heterocycles. The summed E-state index contributed by atoms with van der Waals surface area (Å²) in [5, 5.41) is 7.38. The number of benzene rings is 4. The zero-order valence-electron chi connectivity index (χ0n) is 28.5. The summed E-state index contributed by atoms with van der Waals surface area (Å²) < 4.78 is 10.6. The predicted molar refractivity (Wildman–Crippen MR) is 193 cm³/mol.